The Balaban J connectivity index is 1.40. The third-order valence-electron chi connectivity index (χ3n) is 4.13. The summed E-state index contributed by atoms with van der Waals surface area (Å²) in [5, 5.41) is 3.39. The first-order chi connectivity index (χ1) is 14.2. The molecule has 0 unspecified atom stereocenters. The molecule has 0 bridgehead atoms. The summed E-state index contributed by atoms with van der Waals surface area (Å²) >= 11 is 3.62. The highest BCUT2D eigenvalue weighted by molar-refractivity contribution is 14.1. The summed E-state index contributed by atoms with van der Waals surface area (Å²) in [7, 11) is 0. The molecule has 1 heterocycles. The Bertz CT molecular complexity index is 1060. The lowest BCUT2D eigenvalue weighted by atomic mass is 10.2. The number of rotatable bonds is 5. The van der Waals surface area contributed by atoms with E-state index >= 15 is 0 Å². The molecule has 0 atom stereocenters. The second-order valence-electron chi connectivity index (χ2n) is 6.30. The summed E-state index contributed by atoms with van der Waals surface area (Å²) in [4.78, 5) is 17.3. The minimum Gasteiger partial charge on any atom is -0.489 e. The number of amidine groups is 1. The van der Waals surface area contributed by atoms with E-state index in [1.54, 1.807) is 0 Å². The Hall–Kier alpha value is -2.58. The summed E-state index contributed by atoms with van der Waals surface area (Å²) in [5.74, 6) is 0.657. The molecule has 1 aliphatic heterocycles. The van der Waals surface area contributed by atoms with Gasteiger partial charge in [-0.15, -0.1) is 0 Å². The van der Waals surface area contributed by atoms with Crippen LogP contribution >= 0.6 is 34.4 Å². The first kappa shape index (κ1) is 19.7. The molecule has 0 aliphatic carbocycles. The van der Waals surface area contributed by atoms with Gasteiger partial charge in [-0.3, -0.25) is 4.79 Å². The van der Waals surface area contributed by atoms with Crippen molar-refractivity contribution in [2.45, 2.75) is 6.61 Å². The van der Waals surface area contributed by atoms with Crippen molar-refractivity contribution in [3.05, 3.63) is 98.5 Å². The van der Waals surface area contributed by atoms with Crippen molar-refractivity contribution < 1.29 is 9.53 Å². The standard InChI is InChI=1S/C23H17IN2O2S/c24-18-10-6-17(7-11-18)15-28-20-12-8-16(9-13-20)14-21-22(27)26-23(29-21)25-19-4-2-1-3-5-19/h1-14H,15H2,(H,25,26,27)/b21-14-. The van der Waals surface area contributed by atoms with E-state index in [4.69, 9.17) is 4.74 Å². The van der Waals surface area contributed by atoms with E-state index in [0.29, 0.717) is 16.7 Å². The Morgan fingerprint density at radius 2 is 1.69 bits per heavy atom. The Morgan fingerprint density at radius 3 is 2.41 bits per heavy atom. The van der Waals surface area contributed by atoms with Crippen molar-refractivity contribution >= 4 is 57.2 Å². The van der Waals surface area contributed by atoms with Crippen LogP contribution < -0.4 is 10.1 Å². The molecule has 1 amide bonds. The van der Waals surface area contributed by atoms with Gasteiger partial charge in [-0.05, 0) is 88.0 Å². The zero-order valence-corrected chi connectivity index (χ0v) is 18.3. The fraction of sp³-hybridized carbons (Fsp3) is 0.0435. The molecule has 1 fully saturated rings. The van der Waals surface area contributed by atoms with E-state index < -0.39 is 0 Å². The van der Waals surface area contributed by atoms with Gasteiger partial charge in [0, 0.05) is 3.57 Å². The molecule has 144 valence electrons. The van der Waals surface area contributed by atoms with Crippen molar-refractivity contribution in [3.8, 4) is 5.75 Å². The maximum atomic E-state index is 12.2. The number of ether oxygens (including phenoxy) is 1. The zero-order chi connectivity index (χ0) is 20.1. The maximum absolute atomic E-state index is 12.2. The van der Waals surface area contributed by atoms with Gasteiger partial charge in [0.25, 0.3) is 5.91 Å². The molecule has 0 saturated carbocycles. The summed E-state index contributed by atoms with van der Waals surface area (Å²) in [6, 6.07) is 25.5. The normalized spacial score (nSPS) is 16.2. The molecule has 1 saturated heterocycles. The Kier molecular flexibility index (Phi) is 6.31. The van der Waals surface area contributed by atoms with Gasteiger partial charge in [0.15, 0.2) is 5.17 Å². The monoisotopic (exact) mass is 512 g/mol. The predicted octanol–water partition coefficient (Wildman–Crippen LogP) is 5.76. The minimum atomic E-state index is -0.135. The summed E-state index contributed by atoms with van der Waals surface area (Å²) in [6.07, 6.45) is 1.86. The van der Waals surface area contributed by atoms with Gasteiger partial charge >= 0.3 is 0 Å². The van der Waals surface area contributed by atoms with Gasteiger partial charge in [-0.2, -0.15) is 0 Å². The third-order valence-corrected chi connectivity index (χ3v) is 5.76. The van der Waals surface area contributed by atoms with Gasteiger partial charge in [-0.1, -0.05) is 42.5 Å². The highest BCUT2D eigenvalue weighted by Crippen LogP contribution is 2.28. The van der Waals surface area contributed by atoms with E-state index in [0.717, 1.165) is 22.6 Å². The van der Waals surface area contributed by atoms with Crippen LogP contribution in [-0.4, -0.2) is 11.1 Å². The van der Waals surface area contributed by atoms with E-state index in [1.807, 2.05) is 60.7 Å². The molecule has 3 aromatic carbocycles. The smallest absolute Gasteiger partial charge is 0.264 e. The molecular formula is C23H17IN2O2S. The number of nitrogens with one attached hydrogen (secondary N) is 1. The van der Waals surface area contributed by atoms with Crippen LogP contribution in [-0.2, 0) is 11.4 Å². The number of amides is 1. The molecule has 1 aliphatic rings. The maximum Gasteiger partial charge on any atom is 0.264 e. The lowest BCUT2D eigenvalue weighted by Gasteiger charge is -2.07. The molecular weight excluding hydrogens is 495 g/mol. The van der Waals surface area contributed by atoms with E-state index in [2.05, 4.69) is 57.2 Å². The van der Waals surface area contributed by atoms with Gasteiger partial charge in [0.1, 0.15) is 12.4 Å². The topological polar surface area (TPSA) is 50.7 Å². The Morgan fingerprint density at radius 1 is 0.966 bits per heavy atom. The molecule has 0 radical (unpaired) electrons. The van der Waals surface area contributed by atoms with Crippen LogP contribution in [0.15, 0.2) is 88.8 Å². The average molecular weight is 512 g/mol. The number of hydrogen-bond donors (Lipinski definition) is 1. The fourth-order valence-electron chi connectivity index (χ4n) is 2.66. The first-order valence-electron chi connectivity index (χ1n) is 8.98. The number of halogens is 1. The number of hydrogen-bond acceptors (Lipinski definition) is 4. The summed E-state index contributed by atoms with van der Waals surface area (Å²) < 4.78 is 7.04. The van der Waals surface area contributed by atoms with Crippen molar-refractivity contribution in [1.29, 1.82) is 0 Å². The van der Waals surface area contributed by atoms with Gasteiger partial charge < -0.3 is 10.1 Å². The minimum absolute atomic E-state index is 0.135. The van der Waals surface area contributed by atoms with Crippen molar-refractivity contribution in [2.24, 2.45) is 4.99 Å². The van der Waals surface area contributed by atoms with Crippen LogP contribution in [0.5, 0.6) is 5.75 Å². The summed E-state index contributed by atoms with van der Waals surface area (Å²) in [5.41, 5.74) is 2.87. The molecule has 4 rings (SSSR count). The highest BCUT2D eigenvalue weighted by Gasteiger charge is 2.23. The third kappa shape index (κ3) is 5.48. The molecule has 0 aromatic heterocycles. The molecule has 1 N–H and O–H groups in total. The van der Waals surface area contributed by atoms with Gasteiger partial charge in [0.2, 0.25) is 0 Å². The van der Waals surface area contributed by atoms with Crippen molar-refractivity contribution in [3.63, 3.8) is 0 Å². The number of nitrogens with zero attached hydrogens (tertiary/aromatic N) is 1. The van der Waals surface area contributed by atoms with Crippen LogP contribution in [0.25, 0.3) is 6.08 Å². The van der Waals surface area contributed by atoms with Crippen LogP contribution in [0.1, 0.15) is 11.1 Å². The average Bonchev–Trinajstić information content (AvgIpc) is 3.08. The number of para-hydroxylation sites is 1. The number of carbonyl (C=O) groups is 1. The van der Waals surface area contributed by atoms with Crippen LogP contribution in [0.4, 0.5) is 5.69 Å². The summed E-state index contributed by atoms with van der Waals surface area (Å²) in [6.45, 7) is 0.523. The SMILES string of the molecule is O=C1NC(=Nc2ccccc2)S/C1=C\c1ccc(OCc2ccc(I)cc2)cc1. The number of thioether (sulfide) groups is 1. The lowest BCUT2D eigenvalue weighted by Crippen LogP contribution is -2.19. The lowest BCUT2D eigenvalue weighted by molar-refractivity contribution is -0.115. The van der Waals surface area contributed by atoms with Gasteiger partial charge in [-0.25, -0.2) is 4.99 Å². The van der Waals surface area contributed by atoms with Crippen molar-refractivity contribution in [2.75, 3.05) is 0 Å². The van der Waals surface area contributed by atoms with E-state index in [1.165, 1.54) is 15.3 Å². The van der Waals surface area contributed by atoms with E-state index in [-0.39, 0.29) is 5.91 Å². The highest BCUT2D eigenvalue weighted by atomic mass is 127. The fourth-order valence-corrected chi connectivity index (χ4v) is 3.86. The molecule has 4 nitrogen and oxygen atoms in total. The number of benzene rings is 3. The molecule has 0 spiro atoms. The van der Waals surface area contributed by atoms with Crippen LogP contribution in [0.3, 0.4) is 0 Å². The molecule has 3 aromatic rings. The predicted molar refractivity (Wildman–Crippen MR) is 127 cm³/mol. The number of carbonyl (C=O) groups excluding carboxylic acids is 1. The first-order valence-corrected chi connectivity index (χ1v) is 10.9. The Labute approximate surface area is 187 Å². The van der Waals surface area contributed by atoms with Crippen LogP contribution in [0, 0.1) is 3.57 Å². The second kappa shape index (κ2) is 9.28. The molecule has 29 heavy (non-hydrogen) atoms. The largest absolute Gasteiger partial charge is 0.489 e. The van der Waals surface area contributed by atoms with E-state index in [9.17, 15) is 4.79 Å². The zero-order valence-electron chi connectivity index (χ0n) is 15.3. The van der Waals surface area contributed by atoms with Crippen LogP contribution in [0.2, 0.25) is 0 Å². The van der Waals surface area contributed by atoms with Gasteiger partial charge in [0.05, 0.1) is 10.6 Å². The quantitative estimate of drug-likeness (QED) is 0.349. The van der Waals surface area contributed by atoms with Crippen molar-refractivity contribution in [1.82, 2.24) is 5.32 Å². The number of aliphatic imine (C=N–C) groups is 1. The molecule has 6 heteroatoms. The second-order valence-corrected chi connectivity index (χ2v) is 8.58.